The monoisotopic (exact) mass is 438 g/mol. The van der Waals surface area contributed by atoms with E-state index in [2.05, 4.69) is 17.2 Å². The van der Waals surface area contributed by atoms with E-state index in [-0.39, 0.29) is 17.3 Å². The van der Waals surface area contributed by atoms with Crippen molar-refractivity contribution in [3.8, 4) is 0 Å². The zero-order valence-electron chi connectivity index (χ0n) is 16.6. The molecular formula is C19H26N4O4S2. The van der Waals surface area contributed by atoms with Crippen LogP contribution in [-0.2, 0) is 32.5 Å². The van der Waals surface area contributed by atoms with E-state index in [1.54, 1.807) is 23.5 Å². The summed E-state index contributed by atoms with van der Waals surface area (Å²) < 4.78 is 31.9. The number of ether oxygens (including phenoxy) is 1. The van der Waals surface area contributed by atoms with Crippen molar-refractivity contribution in [2.24, 2.45) is 0 Å². The number of amides is 1. The minimum atomic E-state index is -3.53. The summed E-state index contributed by atoms with van der Waals surface area (Å²) in [5, 5.41) is 5.91. The third-order valence-electron chi connectivity index (χ3n) is 4.49. The molecule has 0 radical (unpaired) electrons. The summed E-state index contributed by atoms with van der Waals surface area (Å²) in [7, 11) is -1.67. The molecular weight excluding hydrogens is 412 g/mol. The smallest absolute Gasteiger partial charge is 0.243 e. The predicted molar refractivity (Wildman–Crippen MR) is 112 cm³/mol. The molecule has 3 rings (SSSR count). The molecule has 0 atom stereocenters. The van der Waals surface area contributed by atoms with Gasteiger partial charge in [0.2, 0.25) is 15.9 Å². The number of carbonyl (C=O) groups is 1. The summed E-state index contributed by atoms with van der Waals surface area (Å²) in [4.78, 5) is 18.9. The molecule has 0 unspecified atom stereocenters. The number of aromatic nitrogens is 1. The number of nitrogens with zero attached hydrogens (tertiary/aromatic N) is 3. The van der Waals surface area contributed by atoms with Crippen molar-refractivity contribution in [2.75, 3.05) is 45.2 Å². The van der Waals surface area contributed by atoms with Crippen LogP contribution < -0.4 is 5.32 Å². The number of morpholine rings is 1. The summed E-state index contributed by atoms with van der Waals surface area (Å²) in [6.07, 6.45) is 0.909. The molecule has 0 bridgehead atoms. The van der Waals surface area contributed by atoms with Crippen molar-refractivity contribution in [1.29, 1.82) is 0 Å². The molecule has 2 heterocycles. The first kappa shape index (κ1) is 21.8. The lowest BCUT2D eigenvalue weighted by Crippen LogP contribution is -2.40. The highest BCUT2D eigenvalue weighted by atomic mass is 32.2. The van der Waals surface area contributed by atoms with Crippen molar-refractivity contribution in [3.05, 3.63) is 40.3 Å². The average Bonchev–Trinajstić information content (AvgIpc) is 3.16. The van der Waals surface area contributed by atoms with E-state index in [1.165, 1.54) is 16.4 Å². The second-order valence-electron chi connectivity index (χ2n) is 6.85. The molecule has 1 N–H and O–H groups in total. The molecule has 10 heteroatoms. The third kappa shape index (κ3) is 5.83. The highest BCUT2D eigenvalue weighted by molar-refractivity contribution is 7.89. The number of hydrogen-bond donors (Lipinski definition) is 1. The molecule has 0 saturated carbocycles. The Labute approximate surface area is 175 Å². The first-order chi connectivity index (χ1) is 13.9. The fraction of sp³-hybridized carbons (Fsp3) is 0.474. The zero-order valence-corrected chi connectivity index (χ0v) is 18.3. The normalized spacial score (nSPS) is 15.6. The summed E-state index contributed by atoms with van der Waals surface area (Å²) in [6, 6.07) is 6.26. The largest absolute Gasteiger partial charge is 0.379 e. The van der Waals surface area contributed by atoms with Gasteiger partial charge in [-0.2, -0.15) is 4.31 Å². The Hall–Kier alpha value is -1.85. The maximum absolute atomic E-state index is 12.6. The van der Waals surface area contributed by atoms with Crippen LogP contribution in [0.4, 0.5) is 5.69 Å². The van der Waals surface area contributed by atoms with E-state index in [0.717, 1.165) is 17.1 Å². The first-order valence-corrected chi connectivity index (χ1v) is 11.8. The Morgan fingerprint density at radius 3 is 2.59 bits per heavy atom. The number of sulfonamides is 1. The Balaban J connectivity index is 1.54. The number of hydrogen-bond acceptors (Lipinski definition) is 7. The van der Waals surface area contributed by atoms with Crippen LogP contribution in [-0.4, -0.2) is 68.4 Å². The van der Waals surface area contributed by atoms with Gasteiger partial charge in [-0.15, -0.1) is 11.3 Å². The van der Waals surface area contributed by atoms with Crippen LogP contribution in [0.3, 0.4) is 0 Å². The van der Waals surface area contributed by atoms with Gasteiger partial charge in [0, 0.05) is 30.7 Å². The van der Waals surface area contributed by atoms with Gasteiger partial charge in [-0.25, -0.2) is 13.4 Å². The van der Waals surface area contributed by atoms with Crippen LogP contribution in [0.1, 0.15) is 17.6 Å². The number of likely N-dealkylation sites (N-methyl/N-ethyl adjacent to an activating group) is 1. The van der Waals surface area contributed by atoms with Gasteiger partial charge in [-0.05, 0) is 37.7 Å². The van der Waals surface area contributed by atoms with Gasteiger partial charge in [0.05, 0.1) is 35.4 Å². The number of aryl methyl sites for hydroxylation is 1. The summed E-state index contributed by atoms with van der Waals surface area (Å²) in [5.74, 6) is -0.165. The predicted octanol–water partition coefficient (Wildman–Crippen LogP) is 1.80. The fourth-order valence-corrected chi connectivity index (χ4v) is 5.15. The molecule has 1 aromatic heterocycles. The summed E-state index contributed by atoms with van der Waals surface area (Å²) >= 11 is 1.63. The molecule has 1 saturated heterocycles. The topological polar surface area (TPSA) is 91.8 Å². The van der Waals surface area contributed by atoms with Crippen molar-refractivity contribution in [2.45, 2.75) is 24.8 Å². The molecule has 29 heavy (non-hydrogen) atoms. The van der Waals surface area contributed by atoms with Crippen molar-refractivity contribution in [1.82, 2.24) is 14.2 Å². The van der Waals surface area contributed by atoms with Crippen LogP contribution in [0.25, 0.3) is 0 Å². The maximum atomic E-state index is 12.6. The molecule has 158 valence electrons. The van der Waals surface area contributed by atoms with Crippen molar-refractivity contribution < 1.29 is 17.9 Å². The summed E-state index contributed by atoms with van der Waals surface area (Å²) in [5.41, 5.74) is 1.52. The second kappa shape index (κ2) is 9.77. The lowest BCUT2D eigenvalue weighted by Gasteiger charge is -2.26. The van der Waals surface area contributed by atoms with E-state index in [9.17, 15) is 13.2 Å². The number of nitrogens with one attached hydrogen (secondary N) is 1. The first-order valence-electron chi connectivity index (χ1n) is 9.48. The number of benzene rings is 1. The fourth-order valence-electron chi connectivity index (χ4n) is 3.01. The van der Waals surface area contributed by atoms with Gasteiger partial charge in [0.25, 0.3) is 0 Å². The second-order valence-corrected chi connectivity index (χ2v) is 9.73. The van der Waals surface area contributed by atoms with Crippen LogP contribution in [0.15, 0.2) is 34.5 Å². The lowest BCUT2D eigenvalue weighted by molar-refractivity contribution is -0.117. The van der Waals surface area contributed by atoms with Gasteiger partial charge in [0.1, 0.15) is 0 Å². The molecule has 1 amide bonds. The Bertz CT molecular complexity index is 922. The quantitative estimate of drug-likeness (QED) is 0.676. The van der Waals surface area contributed by atoms with Gasteiger partial charge in [0.15, 0.2) is 0 Å². The average molecular weight is 439 g/mol. The van der Waals surface area contributed by atoms with E-state index in [4.69, 9.17) is 4.74 Å². The van der Waals surface area contributed by atoms with Crippen LogP contribution in [0, 0.1) is 0 Å². The zero-order chi connectivity index (χ0) is 20.9. The molecule has 8 nitrogen and oxygen atoms in total. The van der Waals surface area contributed by atoms with E-state index in [0.29, 0.717) is 38.5 Å². The number of thiazole rings is 1. The van der Waals surface area contributed by atoms with Gasteiger partial charge < -0.3 is 10.1 Å². The molecule has 0 spiro atoms. The van der Waals surface area contributed by atoms with E-state index >= 15 is 0 Å². The highest BCUT2D eigenvalue weighted by Gasteiger charge is 2.26. The SMILES string of the molecule is CCc1nc(CN(C)CC(=O)Nc2ccc(S(=O)(=O)N3CCOCC3)cc2)cs1. The molecule has 1 aliphatic heterocycles. The number of rotatable bonds is 8. The third-order valence-corrected chi connectivity index (χ3v) is 7.45. The van der Waals surface area contributed by atoms with E-state index < -0.39 is 10.0 Å². The lowest BCUT2D eigenvalue weighted by atomic mass is 10.3. The standard InChI is InChI=1S/C19H26N4O4S2/c1-3-19-21-16(14-28-19)12-22(2)13-18(24)20-15-4-6-17(7-5-15)29(25,26)23-8-10-27-11-9-23/h4-7,14H,3,8-13H2,1-2H3,(H,20,24). The van der Waals surface area contributed by atoms with Gasteiger partial charge in [-0.3, -0.25) is 9.69 Å². The molecule has 2 aromatic rings. The molecule has 1 aliphatic rings. The minimum Gasteiger partial charge on any atom is -0.379 e. The summed E-state index contributed by atoms with van der Waals surface area (Å²) in [6.45, 7) is 4.39. The molecule has 1 fully saturated rings. The maximum Gasteiger partial charge on any atom is 0.243 e. The van der Waals surface area contributed by atoms with Crippen molar-refractivity contribution >= 4 is 33.0 Å². The van der Waals surface area contributed by atoms with Crippen LogP contribution in [0.5, 0.6) is 0 Å². The molecule has 1 aromatic carbocycles. The van der Waals surface area contributed by atoms with Crippen molar-refractivity contribution in [3.63, 3.8) is 0 Å². The molecule has 0 aliphatic carbocycles. The highest BCUT2D eigenvalue weighted by Crippen LogP contribution is 2.19. The van der Waals surface area contributed by atoms with Crippen LogP contribution in [0.2, 0.25) is 0 Å². The Morgan fingerprint density at radius 1 is 1.28 bits per heavy atom. The Kier molecular flexibility index (Phi) is 7.36. The van der Waals surface area contributed by atoms with Crippen LogP contribution >= 0.6 is 11.3 Å². The van der Waals surface area contributed by atoms with Gasteiger partial charge >= 0.3 is 0 Å². The number of anilines is 1. The number of carbonyl (C=O) groups excluding carboxylic acids is 1. The van der Waals surface area contributed by atoms with Gasteiger partial charge in [-0.1, -0.05) is 6.92 Å². The van der Waals surface area contributed by atoms with E-state index in [1.807, 2.05) is 17.3 Å². The minimum absolute atomic E-state index is 0.165. The Morgan fingerprint density at radius 2 is 1.97 bits per heavy atom.